The summed E-state index contributed by atoms with van der Waals surface area (Å²) in [5, 5.41) is 9.61. The first kappa shape index (κ1) is 8.29. The molecular weight excluding hydrogens is 166 g/mol. The Hall–Kier alpha value is -1.32. The van der Waals surface area contributed by atoms with E-state index in [1.165, 1.54) is 0 Å². The smallest absolute Gasteiger partial charge is 0.254 e. The monoisotopic (exact) mass is 179 g/mol. The lowest BCUT2D eigenvalue weighted by molar-refractivity contribution is 0.0950. The lowest BCUT2D eigenvalue weighted by Gasteiger charge is -2.01. The molecule has 4 nitrogen and oxygen atoms in total. The second-order valence-electron chi connectivity index (χ2n) is 3.36. The largest absolute Gasteiger partial charge is 0.349 e. The summed E-state index contributed by atoms with van der Waals surface area (Å²) < 4.78 is 0. The highest BCUT2D eigenvalue weighted by molar-refractivity contribution is 5.95. The van der Waals surface area contributed by atoms with Crippen molar-refractivity contribution in [1.82, 2.24) is 15.5 Å². The average molecular weight is 179 g/mol. The van der Waals surface area contributed by atoms with E-state index in [0.717, 1.165) is 25.0 Å². The lowest BCUT2D eigenvalue weighted by atomic mass is 10.2. The van der Waals surface area contributed by atoms with Gasteiger partial charge < -0.3 is 5.32 Å². The summed E-state index contributed by atoms with van der Waals surface area (Å²) in [7, 11) is 0. The van der Waals surface area contributed by atoms with Crippen molar-refractivity contribution in [2.45, 2.75) is 32.2 Å². The zero-order valence-corrected chi connectivity index (χ0v) is 7.63. The second kappa shape index (κ2) is 3.20. The van der Waals surface area contributed by atoms with Crippen LogP contribution in [0.5, 0.6) is 0 Å². The summed E-state index contributed by atoms with van der Waals surface area (Å²) in [5.41, 5.74) is 1.60. The molecule has 0 saturated heterocycles. The molecule has 0 bridgehead atoms. The van der Waals surface area contributed by atoms with Gasteiger partial charge in [-0.05, 0) is 19.3 Å². The number of H-pyrrole nitrogens is 1. The Balaban J connectivity index is 2.08. The van der Waals surface area contributed by atoms with Crippen LogP contribution in [0.4, 0.5) is 0 Å². The molecule has 0 unspecified atom stereocenters. The summed E-state index contributed by atoms with van der Waals surface area (Å²) in [6, 6.07) is 0.409. The van der Waals surface area contributed by atoms with Gasteiger partial charge in [-0.15, -0.1) is 0 Å². The number of amides is 1. The van der Waals surface area contributed by atoms with E-state index in [-0.39, 0.29) is 5.91 Å². The topological polar surface area (TPSA) is 57.8 Å². The number of nitrogens with zero attached hydrogens (tertiary/aromatic N) is 1. The molecule has 0 spiro atoms. The molecule has 1 fully saturated rings. The van der Waals surface area contributed by atoms with E-state index in [1.54, 1.807) is 6.20 Å². The van der Waals surface area contributed by atoms with Gasteiger partial charge in [-0.25, -0.2) is 0 Å². The summed E-state index contributed by atoms with van der Waals surface area (Å²) in [5.74, 6) is 0.00750. The van der Waals surface area contributed by atoms with E-state index < -0.39 is 0 Å². The van der Waals surface area contributed by atoms with Crippen LogP contribution in [0.1, 0.15) is 35.8 Å². The summed E-state index contributed by atoms with van der Waals surface area (Å²) >= 11 is 0. The van der Waals surface area contributed by atoms with Gasteiger partial charge in [0.15, 0.2) is 0 Å². The van der Waals surface area contributed by atoms with Crippen molar-refractivity contribution in [2.24, 2.45) is 0 Å². The van der Waals surface area contributed by atoms with Gasteiger partial charge >= 0.3 is 0 Å². The number of rotatable bonds is 3. The first-order chi connectivity index (χ1) is 6.31. The van der Waals surface area contributed by atoms with Gasteiger partial charge in [0.05, 0.1) is 11.8 Å². The van der Waals surface area contributed by atoms with E-state index in [4.69, 9.17) is 0 Å². The van der Waals surface area contributed by atoms with Crippen molar-refractivity contribution in [2.75, 3.05) is 0 Å². The van der Waals surface area contributed by atoms with Gasteiger partial charge in [0.25, 0.3) is 5.91 Å². The molecule has 1 heterocycles. The fraction of sp³-hybridized carbons (Fsp3) is 0.556. The maximum absolute atomic E-state index is 11.6. The normalized spacial score (nSPS) is 15.8. The molecule has 4 heteroatoms. The minimum atomic E-state index is 0.00750. The Morgan fingerprint density at radius 3 is 3.15 bits per heavy atom. The van der Waals surface area contributed by atoms with Crippen molar-refractivity contribution in [1.29, 1.82) is 0 Å². The molecule has 1 amide bonds. The summed E-state index contributed by atoms with van der Waals surface area (Å²) in [6.07, 6.45) is 4.64. The van der Waals surface area contributed by atoms with Gasteiger partial charge in [0, 0.05) is 11.7 Å². The van der Waals surface area contributed by atoms with Gasteiger partial charge in [0.1, 0.15) is 0 Å². The number of nitrogens with one attached hydrogen (secondary N) is 2. The fourth-order valence-electron chi connectivity index (χ4n) is 1.27. The molecule has 0 aliphatic heterocycles. The highest BCUT2D eigenvalue weighted by Gasteiger charge is 2.25. The fourth-order valence-corrected chi connectivity index (χ4v) is 1.27. The van der Waals surface area contributed by atoms with Crippen molar-refractivity contribution in [3.63, 3.8) is 0 Å². The molecule has 2 N–H and O–H groups in total. The molecule has 1 aliphatic rings. The van der Waals surface area contributed by atoms with Crippen LogP contribution in [-0.2, 0) is 6.42 Å². The second-order valence-corrected chi connectivity index (χ2v) is 3.36. The third-order valence-electron chi connectivity index (χ3n) is 2.23. The van der Waals surface area contributed by atoms with Crippen LogP contribution >= 0.6 is 0 Å². The number of aromatic amines is 1. The maximum atomic E-state index is 11.6. The van der Waals surface area contributed by atoms with Gasteiger partial charge in [-0.2, -0.15) is 5.10 Å². The molecule has 1 saturated carbocycles. The Bertz CT molecular complexity index is 314. The predicted octanol–water partition coefficient (Wildman–Crippen LogP) is 0.864. The molecule has 13 heavy (non-hydrogen) atoms. The summed E-state index contributed by atoms with van der Waals surface area (Å²) in [6.45, 7) is 2.00. The lowest BCUT2D eigenvalue weighted by Crippen LogP contribution is -2.25. The zero-order valence-electron chi connectivity index (χ0n) is 7.63. The molecule has 1 aromatic heterocycles. The molecule has 1 aromatic rings. The number of carbonyl (C=O) groups excluding carboxylic acids is 1. The SMILES string of the molecule is CCc1[nH]ncc1C(=O)NC1CC1. The van der Waals surface area contributed by atoms with Crippen molar-refractivity contribution >= 4 is 5.91 Å². The average Bonchev–Trinajstić information content (AvgIpc) is 2.82. The first-order valence-corrected chi connectivity index (χ1v) is 4.64. The molecule has 2 rings (SSSR count). The highest BCUT2D eigenvalue weighted by atomic mass is 16.1. The minimum absolute atomic E-state index is 0.00750. The van der Waals surface area contributed by atoms with E-state index in [0.29, 0.717) is 11.6 Å². The molecule has 1 aliphatic carbocycles. The van der Waals surface area contributed by atoms with Gasteiger partial charge in [-0.3, -0.25) is 9.89 Å². The first-order valence-electron chi connectivity index (χ1n) is 4.64. The third-order valence-corrected chi connectivity index (χ3v) is 2.23. The standard InChI is InChI=1S/C9H13N3O/c1-2-8-7(5-10-12-8)9(13)11-6-3-4-6/h5-6H,2-4H2,1H3,(H,10,12)(H,11,13). The number of aromatic nitrogens is 2. The van der Waals surface area contributed by atoms with E-state index in [9.17, 15) is 4.79 Å². The highest BCUT2D eigenvalue weighted by Crippen LogP contribution is 2.19. The van der Waals surface area contributed by atoms with Crippen molar-refractivity contribution in [3.05, 3.63) is 17.5 Å². The van der Waals surface area contributed by atoms with Crippen LogP contribution in [0, 0.1) is 0 Å². The zero-order chi connectivity index (χ0) is 9.26. The molecule has 0 aromatic carbocycles. The number of aryl methyl sites for hydroxylation is 1. The van der Waals surface area contributed by atoms with Crippen LogP contribution in [0.25, 0.3) is 0 Å². The molecule has 70 valence electrons. The predicted molar refractivity (Wildman–Crippen MR) is 48.5 cm³/mol. The van der Waals surface area contributed by atoms with Crippen LogP contribution in [0.15, 0.2) is 6.20 Å². The van der Waals surface area contributed by atoms with E-state index in [1.807, 2.05) is 6.92 Å². The Morgan fingerprint density at radius 2 is 2.54 bits per heavy atom. The minimum Gasteiger partial charge on any atom is -0.349 e. The maximum Gasteiger partial charge on any atom is 0.254 e. The number of hydrogen-bond donors (Lipinski definition) is 2. The molecule has 0 radical (unpaired) electrons. The van der Waals surface area contributed by atoms with Crippen LogP contribution in [-0.4, -0.2) is 22.1 Å². The van der Waals surface area contributed by atoms with Crippen LogP contribution < -0.4 is 5.32 Å². The Morgan fingerprint density at radius 1 is 1.77 bits per heavy atom. The third kappa shape index (κ3) is 1.71. The van der Waals surface area contributed by atoms with Gasteiger partial charge in [-0.1, -0.05) is 6.92 Å². The molecule has 0 atom stereocenters. The van der Waals surface area contributed by atoms with Crippen LogP contribution in [0.3, 0.4) is 0 Å². The van der Waals surface area contributed by atoms with Crippen molar-refractivity contribution in [3.8, 4) is 0 Å². The van der Waals surface area contributed by atoms with Crippen molar-refractivity contribution < 1.29 is 4.79 Å². The number of carbonyl (C=O) groups is 1. The van der Waals surface area contributed by atoms with E-state index in [2.05, 4.69) is 15.5 Å². The Labute approximate surface area is 76.7 Å². The number of hydrogen-bond acceptors (Lipinski definition) is 2. The quantitative estimate of drug-likeness (QED) is 0.723. The Kier molecular flexibility index (Phi) is 2.04. The van der Waals surface area contributed by atoms with E-state index >= 15 is 0 Å². The summed E-state index contributed by atoms with van der Waals surface area (Å²) in [4.78, 5) is 11.6. The molecular formula is C9H13N3O. The van der Waals surface area contributed by atoms with Gasteiger partial charge in [0.2, 0.25) is 0 Å². The van der Waals surface area contributed by atoms with Crippen LogP contribution in [0.2, 0.25) is 0 Å².